The van der Waals surface area contributed by atoms with Crippen molar-refractivity contribution in [2.24, 2.45) is 11.8 Å². The summed E-state index contributed by atoms with van der Waals surface area (Å²) in [6.07, 6.45) is 2.48. The number of aliphatic hydroxyl groups is 1. The van der Waals surface area contributed by atoms with Crippen LogP contribution in [0.25, 0.3) is 11.2 Å². The number of imidazole rings is 1. The Morgan fingerprint density at radius 2 is 2.05 bits per heavy atom. The van der Waals surface area contributed by atoms with E-state index in [1.807, 2.05) is 0 Å². The topological polar surface area (TPSA) is 133 Å². The van der Waals surface area contributed by atoms with Crippen LogP contribution in [0.1, 0.15) is 6.23 Å². The fraction of sp³-hybridized carbons (Fsp3) is 0.417. The minimum absolute atomic E-state index is 0.213. The van der Waals surface area contributed by atoms with Crippen LogP contribution in [0.3, 0.4) is 0 Å². The fourth-order valence-electron chi connectivity index (χ4n) is 2.61. The number of hydrogen-bond donors (Lipinski definition) is 2. The van der Waals surface area contributed by atoms with Crippen molar-refractivity contribution in [3.8, 4) is 0 Å². The molecule has 0 saturated carbocycles. The summed E-state index contributed by atoms with van der Waals surface area (Å²) in [6.45, 7) is -0.353. The van der Waals surface area contributed by atoms with Crippen molar-refractivity contribution >= 4 is 29.6 Å². The van der Waals surface area contributed by atoms with Crippen LogP contribution in [0.4, 0.5) is 5.82 Å². The van der Waals surface area contributed by atoms with E-state index >= 15 is 0 Å². The molecule has 9 nitrogen and oxygen atoms in total. The van der Waals surface area contributed by atoms with Crippen molar-refractivity contribution in [1.29, 1.82) is 0 Å². The van der Waals surface area contributed by atoms with E-state index in [4.69, 9.17) is 10.5 Å². The summed E-state index contributed by atoms with van der Waals surface area (Å²) in [5, 5.41) is 9.28. The average molecular weight is 291 g/mol. The summed E-state index contributed by atoms with van der Waals surface area (Å²) >= 11 is 0. The number of aromatic nitrogens is 4. The molecule has 0 bridgehead atoms. The van der Waals surface area contributed by atoms with E-state index in [0.717, 1.165) is 0 Å². The molecular weight excluding hydrogens is 278 g/mol. The molecule has 9 heteroatoms. The van der Waals surface area contributed by atoms with Crippen LogP contribution < -0.4 is 5.73 Å². The van der Waals surface area contributed by atoms with E-state index in [1.165, 1.54) is 17.2 Å². The number of ether oxygens (including phenoxy) is 1. The van der Waals surface area contributed by atoms with Crippen LogP contribution in [-0.2, 0) is 14.3 Å². The van der Waals surface area contributed by atoms with E-state index < -0.39 is 24.2 Å². The maximum atomic E-state index is 11.3. The number of fused-ring (bicyclic) bond motifs is 1. The first-order valence-corrected chi connectivity index (χ1v) is 6.31. The third-order valence-corrected chi connectivity index (χ3v) is 3.67. The van der Waals surface area contributed by atoms with Gasteiger partial charge < -0.3 is 25.2 Å². The standard InChI is InChI=1S/C12H13N5O4/c13-10-9-11(15-4-14-10)17(5-16-9)12-7(2-19)6(1-18)8(3-20)21-12/h1-2,4-8,12,20H,3H2,(H2,13,14,15). The molecule has 3 rings (SSSR count). The molecule has 0 spiro atoms. The Morgan fingerprint density at radius 3 is 2.71 bits per heavy atom. The Labute approximate surface area is 118 Å². The predicted octanol–water partition coefficient (Wildman–Crippen LogP) is -1.07. The second kappa shape index (κ2) is 5.19. The number of nitrogens with two attached hydrogens (primary N) is 1. The fourth-order valence-corrected chi connectivity index (χ4v) is 2.61. The number of hydrogen-bond acceptors (Lipinski definition) is 8. The summed E-state index contributed by atoms with van der Waals surface area (Å²) in [6, 6.07) is 0. The predicted molar refractivity (Wildman–Crippen MR) is 69.8 cm³/mol. The Hall–Kier alpha value is -2.39. The summed E-state index contributed by atoms with van der Waals surface area (Å²) in [5.74, 6) is -1.23. The third kappa shape index (κ3) is 1.98. The van der Waals surface area contributed by atoms with Gasteiger partial charge in [-0.3, -0.25) is 4.57 Å². The van der Waals surface area contributed by atoms with Gasteiger partial charge in [0.1, 0.15) is 30.6 Å². The molecule has 0 aliphatic carbocycles. The van der Waals surface area contributed by atoms with Gasteiger partial charge in [0.2, 0.25) is 0 Å². The number of aldehydes is 2. The molecule has 21 heavy (non-hydrogen) atoms. The monoisotopic (exact) mass is 291 g/mol. The van der Waals surface area contributed by atoms with Crippen LogP contribution in [-0.4, -0.2) is 49.9 Å². The first-order chi connectivity index (χ1) is 10.2. The molecule has 2 aromatic heterocycles. The van der Waals surface area contributed by atoms with Crippen molar-refractivity contribution in [3.05, 3.63) is 12.7 Å². The van der Waals surface area contributed by atoms with Gasteiger partial charge in [0, 0.05) is 0 Å². The molecule has 1 fully saturated rings. The van der Waals surface area contributed by atoms with Crippen molar-refractivity contribution < 1.29 is 19.4 Å². The molecule has 0 radical (unpaired) electrons. The van der Waals surface area contributed by atoms with Crippen molar-refractivity contribution in [2.45, 2.75) is 12.3 Å². The normalized spacial score (nSPS) is 28.8. The number of nitrogens with zero attached hydrogens (tertiary/aromatic N) is 4. The third-order valence-electron chi connectivity index (χ3n) is 3.67. The summed E-state index contributed by atoms with van der Waals surface area (Å²) in [5.41, 5.74) is 6.50. The van der Waals surface area contributed by atoms with Crippen LogP contribution >= 0.6 is 0 Å². The van der Waals surface area contributed by atoms with E-state index in [2.05, 4.69) is 15.0 Å². The average Bonchev–Trinajstić information content (AvgIpc) is 3.07. The molecule has 3 N–H and O–H groups in total. The molecule has 3 heterocycles. The van der Waals surface area contributed by atoms with Crippen molar-refractivity contribution in [1.82, 2.24) is 19.5 Å². The van der Waals surface area contributed by atoms with Gasteiger partial charge >= 0.3 is 0 Å². The van der Waals surface area contributed by atoms with Gasteiger partial charge in [-0.25, -0.2) is 15.0 Å². The van der Waals surface area contributed by atoms with Crippen LogP contribution in [0, 0.1) is 11.8 Å². The van der Waals surface area contributed by atoms with Crippen LogP contribution in [0.15, 0.2) is 12.7 Å². The molecular formula is C12H13N5O4. The quantitative estimate of drug-likeness (QED) is 0.680. The van der Waals surface area contributed by atoms with Crippen molar-refractivity contribution in [2.75, 3.05) is 12.3 Å². The number of anilines is 1. The van der Waals surface area contributed by atoms with E-state index in [9.17, 15) is 14.7 Å². The molecule has 1 aliphatic heterocycles. The molecule has 4 unspecified atom stereocenters. The molecule has 0 aromatic carbocycles. The number of carbonyl (C=O) groups is 2. The summed E-state index contributed by atoms with van der Waals surface area (Å²) < 4.78 is 7.15. The molecule has 0 amide bonds. The van der Waals surface area contributed by atoms with Gasteiger partial charge in [-0.2, -0.15) is 0 Å². The second-order valence-corrected chi connectivity index (χ2v) is 4.76. The number of nitrogen functional groups attached to an aromatic ring is 1. The van der Waals surface area contributed by atoms with E-state index in [0.29, 0.717) is 23.7 Å². The number of aliphatic hydroxyl groups excluding tert-OH is 1. The van der Waals surface area contributed by atoms with Crippen molar-refractivity contribution in [3.63, 3.8) is 0 Å². The highest BCUT2D eigenvalue weighted by atomic mass is 16.5. The zero-order chi connectivity index (χ0) is 15.0. The van der Waals surface area contributed by atoms with Gasteiger partial charge in [0.25, 0.3) is 0 Å². The molecule has 1 saturated heterocycles. The van der Waals surface area contributed by atoms with Crippen LogP contribution in [0.5, 0.6) is 0 Å². The van der Waals surface area contributed by atoms with E-state index in [1.54, 1.807) is 0 Å². The number of carbonyl (C=O) groups excluding carboxylic acids is 2. The Bertz CT molecular complexity index is 687. The lowest BCUT2D eigenvalue weighted by atomic mass is 9.92. The van der Waals surface area contributed by atoms with E-state index in [-0.39, 0.29) is 12.4 Å². The lowest BCUT2D eigenvalue weighted by molar-refractivity contribution is -0.119. The Kier molecular flexibility index (Phi) is 3.35. The smallest absolute Gasteiger partial charge is 0.167 e. The molecule has 4 atom stereocenters. The molecule has 110 valence electrons. The summed E-state index contributed by atoms with van der Waals surface area (Å²) in [4.78, 5) is 34.5. The zero-order valence-corrected chi connectivity index (χ0v) is 10.9. The highest BCUT2D eigenvalue weighted by Crippen LogP contribution is 2.38. The first-order valence-electron chi connectivity index (χ1n) is 6.31. The second-order valence-electron chi connectivity index (χ2n) is 4.76. The van der Waals surface area contributed by atoms with Gasteiger partial charge in [-0.1, -0.05) is 0 Å². The highest BCUT2D eigenvalue weighted by Gasteiger charge is 2.45. The lowest BCUT2D eigenvalue weighted by Crippen LogP contribution is -2.26. The minimum atomic E-state index is -0.769. The molecule has 1 aliphatic rings. The van der Waals surface area contributed by atoms with Gasteiger partial charge in [-0.15, -0.1) is 0 Å². The first kappa shape index (κ1) is 13.6. The summed E-state index contributed by atoms with van der Waals surface area (Å²) in [7, 11) is 0. The van der Waals surface area contributed by atoms with Gasteiger partial charge in [0.15, 0.2) is 11.5 Å². The van der Waals surface area contributed by atoms with Crippen LogP contribution in [0.2, 0.25) is 0 Å². The Morgan fingerprint density at radius 1 is 1.29 bits per heavy atom. The molecule has 2 aromatic rings. The Balaban J connectivity index is 2.07. The van der Waals surface area contributed by atoms with Gasteiger partial charge in [-0.05, 0) is 0 Å². The highest BCUT2D eigenvalue weighted by molar-refractivity contribution is 5.81. The maximum absolute atomic E-state index is 11.3. The zero-order valence-electron chi connectivity index (χ0n) is 10.9. The lowest BCUT2D eigenvalue weighted by Gasteiger charge is -2.16. The van der Waals surface area contributed by atoms with Gasteiger partial charge in [0.05, 0.1) is 30.9 Å². The number of rotatable bonds is 4. The maximum Gasteiger partial charge on any atom is 0.167 e. The largest absolute Gasteiger partial charge is 0.394 e. The minimum Gasteiger partial charge on any atom is -0.394 e. The SMILES string of the molecule is Nc1ncnc2c1ncn2C1OC(CO)C(C=O)C1C=O.